The number of nitrogens with zero attached hydrogens (tertiary/aromatic N) is 3. The van der Waals surface area contributed by atoms with Crippen LogP contribution in [0.1, 0.15) is 18.5 Å². The lowest BCUT2D eigenvalue weighted by Crippen LogP contribution is -2.50. The number of ether oxygens (including phenoxy) is 2. The predicted molar refractivity (Wildman–Crippen MR) is 103 cm³/mol. The maximum atomic E-state index is 12.9. The van der Waals surface area contributed by atoms with Gasteiger partial charge in [-0.15, -0.1) is 0 Å². The van der Waals surface area contributed by atoms with Crippen LogP contribution < -0.4 is 5.32 Å². The summed E-state index contributed by atoms with van der Waals surface area (Å²) in [5.74, 6) is -0.556. The van der Waals surface area contributed by atoms with Gasteiger partial charge in [0.1, 0.15) is 0 Å². The minimum absolute atomic E-state index is 0.117. The minimum Gasteiger partial charge on any atom is -0.463 e. The molecule has 0 spiro atoms. The largest absolute Gasteiger partial charge is 0.463 e. The second-order valence-corrected chi connectivity index (χ2v) is 6.76. The Kier molecular flexibility index (Phi) is 6.45. The molecule has 0 radical (unpaired) electrons. The molecule has 1 fully saturated rings. The molecule has 2 amide bonds. The number of hydrogen-bond acceptors (Lipinski definition) is 7. The Bertz CT molecular complexity index is 834. The smallest absolute Gasteiger partial charge is 0.338 e. The number of morpholine rings is 1. The highest BCUT2D eigenvalue weighted by Crippen LogP contribution is 2.32. The van der Waals surface area contributed by atoms with Crippen LogP contribution in [-0.4, -0.2) is 73.2 Å². The predicted octanol–water partition coefficient (Wildman–Crippen LogP) is 1.44. The third-order valence-electron chi connectivity index (χ3n) is 4.96. The van der Waals surface area contributed by atoms with Crippen LogP contribution in [0.3, 0.4) is 0 Å². The fraction of sp³-hybridized carbons (Fsp3) is 0.474. The van der Waals surface area contributed by atoms with Gasteiger partial charge in [0.25, 0.3) is 5.69 Å². The van der Waals surface area contributed by atoms with Crippen LogP contribution in [0, 0.1) is 10.1 Å². The summed E-state index contributed by atoms with van der Waals surface area (Å²) in [6, 6.07) is 4.67. The summed E-state index contributed by atoms with van der Waals surface area (Å²) in [7, 11) is 1.59. The van der Waals surface area contributed by atoms with E-state index in [4.69, 9.17) is 9.47 Å². The van der Waals surface area contributed by atoms with Crippen molar-refractivity contribution < 1.29 is 24.0 Å². The monoisotopic (exact) mass is 404 g/mol. The van der Waals surface area contributed by atoms with Crippen LogP contribution in [-0.2, 0) is 14.3 Å². The number of carbonyl (C=O) groups is 2. The van der Waals surface area contributed by atoms with Gasteiger partial charge < -0.3 is 14.8 Å². The number of nitro benzene ring substituents is 1. The summed E-state index contributed by atoms with van der Waals surface area (Å²) in [6.07, 6.45) is 0. The number of likely N-dealkylation sites (N-methyl/N-ethyl adjacent to an activating group) is 1. The number of non-ortho nitro benzene ring substituents is 1. The van der Waals surface area contributed by atoms with E-state index in [0.29, 0.717) is 44.1 Å². The average molecular weight is 404 g/mol. The Balaban J connectivity index is 2.07. The minimum atomic E-state index is -0.839. The number of amides is 2. The van der Waals surface area contributed by atoms with Gasteiger partial charge in [0.2, 0.25) is 0 Å². The molecule has 0 bridgehead atoms. The highest BCUT2D eigenvalue weighted by Gasteiger charge is 2.37. The molecule has 1 aromatic carbocycles. The topological polar surface area (TPSA) is 114 Å². The zero-order valence-corrected chi connectivity index (χ0v) is 16.4. The highest BCUT2D eigenvalue weighted by atomic mass is 16.6. The van der Waals surface area contributed by atoms with Crippen molar-refractivity contribution in [3.8, 4) is 0 Å². The van der Waals surface area contributed by atoms with Crippen LogP contribution in [0.5, 0.6) is 0 Å². The SMILES string of the molecule is CCOC(=O)C1=C(CN2CCOCC2)N(C)C(=O)N[C@H]1c1cccc([N+](=O)[O-])c1. The maximum absolute atomic E-state index is 12.9. The summed E-state index contributed by atoms with van der Waals surface area (Å²) in [5.41, 5.74) is 1.13. The van der Waals surface area contributed by atoms with Crippen LogP contribution >= 0.6 is 0 Å². The summed E-state index contributed by atoms with van der Waals surface area (Å²) < 4.78 is 10.6. The first-order valence-electron chi connectivity index (χ1n) is 9.41. The van der Waals surface area contributed by atoms with Gasteiger partial charge in [-0.2, -0.15) is 0 Å². The van der Waals surface area contributed by atoms with E-state index in [2.05, 4.69) is 10.2 Å². The number of urea groups is 1. The Labute approximate surface area is 168 Å². The first kappa shape index (κ1) is 20.7. The molecular weight excluding hydrogens is 380 g/mol. The molecule has 3 rings (SSSR count). The van der Waals surface area contributed by atoms with Crippen molar-refractivity contribution in [2.75, 3.05) is 46.5 Å². The van der Waals surface area contributed by atoms with Gasteiger partial charge in [0.05, 0.1) is 36.4 Å². The zero-order chi connectivity index (χ0) is 21.0. The standard InChI is InChI=1S/C19H24N4O6/c1-3-29-18(24)16-15(12-22-7-9-28-10-8-22)21(2)19(25)20-17(16)13-5-4-6-14(11-13)23(26)27/h4-6,11,17H,3,7-10,12H2,1-2H3,(H,20,25)/t17-/m0/s1. The molecule has 2 aliphatic heterocycles. The lowest BCUT2D eigenvalue weighted by atomic mass is 9.94. The average Bonchev–Trinajstić information content (AvgIpc) is 2.72. The number of nitrogens with one attached hydrogen (secondary N) is 1. The van der Waals surface area contributed by atoms with Gasteiger partial charge in [-0.3, -0.25) is 19.9 Å². The number of hydrogen-bond donors (Lipinski definition) is 1. The first-order valence-corrected chi connectivity index (χ1v) is 9.41. The van der Waals surface area contributed by atoms with Crippen molar-refractivity contribution in [3.63, 3.8) is 0 Å². The second kappa shape index (κ2) is 9.01. The molecule has 0 saturated carbocycles. The van der Waals surface area contributed by atoms with Crippen molar-refractivity contribution in [1.29, 1.82) is 0 Å². The molecule has 156 valence electrons. The van der Waals surface area contributed by atoms with Gasteiger partial charge in [0, 0.05) is 44.5 Å². The quantitative estimate of drug-likeness (QED) is 0.433. The van der Waals surface area contributed by atoms with Gasteiger partial charge in [-0.05, 0) is 12.5 Å². The van der Waals surface area contributed by atoms with Gasteiger partial charge >= 0.3 is 12.0 Å². The summed E-state index contributed by atoms with van der Waals surface area (Å²) in [6.45, 7) is 4.75. The molecule has 29 heavy (non-hydrogen) atoms. The number of nitro groups is 1. The van der Waals surface area contributed by atoms with Crippen molar-refractivity contribution in [3.05, 3.63) is 51.2 Å². The van der Waals surface area contributed by atoms with Gasteiger partial charge in [-0.25, -0.2) is 9.59 Å². The molecule has 1 saturated heterocycles. The lowest BCUT2D eigenvalue weighted by Gasteiger charge is -2.37. The maximum Gasteiger partial charge on any atom is 0.338 e. The summed E-state index contributed by atoms with van der Waals surface area (Å²) in [5, 5.41) is 14.0. The van der Waals surface area contributed by atoms with E-state index < -0.39 is 23.0 Å². The van der Waals surface area contributed by atoms with Crippen molar-refractivity contribution >= 4 is 17.7 Å². The molecule has 2 heterocycles. The molecule has 1 N–H and O–H groups in total. The Morgan fingerprint density at radius 3 is 2.76 bits per heavy atom. The van der Waals surface area contributed by atoms with Crippen LogP contribution in [0.25, 0.3) is 0 Å². The fourth-order valence-electron chi connectivity index (χ4n) is 3.44. The van der Waals surface area contributed by atoms with Crippen molar-refractivity contribution in [2.45, 2.75) is 13.0 Å². The number of esters is 1. The van der Waals surface area contributed by atoms with Crippen LogP contribution in [0.2, 0.25) is 0 Å². The molecular formula is C19H24N4O6. The van der Waals surface area contributed by atoms with Crippen molar-refractivity contribution in [1.82, 2.24) is 15.1 Å². The zero-order valence-electron chi connectivity index (χ0n) is 16.4. The molecule has 0 aliphatic carbocycles. The van der Waals surface area contributed by atoms with Crippen molar-refractivity contribution in [2.24, 2.45) is 0 Å². The van der Waals surface area contributed by atoms with Gasteiger partial charge in [-0.1, -0.05) is 12.1 Å². The summed E-state index contributed by atoms with van der Waals surface area (Å²) in [4.78, 5) is 39.7. The van der Waals surface area contributed by atoms with E-state index in [1.54, 1.807) is 20.0 Å². The molecule has 10 heteroatoms. The van der Waals surface area contributed by atoms with E-state index >= 15 is 0 Å². The molecule has 1 aromatic rings. The Hall–Kier alpha value is -2.98. The molecule has 1 atom stereocenters. The number of benzene rings is 1. The molecule has 0 unspecified atom stereocenters. The van der Waals surface area contributed by atoms with Gasteiger partial charge in [0.15, 0.2) is 0 Å². The molecule has 10 nitrogen and oxygen atoms in total. The first-order chi connectivity index (χ1) is 13.9. The van der Waals surface area contributed by atoms with E-state index in [1.807, 2.05) is 0 Å². The fourth-order valence-corrected chi connectivity index (χ4v) is 3.44. The van der Waals surface area contributed by atoms with Crippen LogP contribution in [0.15, 0.2) is 35.5 Å². The Morgan fingerprint density at radius 2 is 2.10 bits per heavy atom. The van der Waals surface area contributed by atoms with E-state index in [-0.39, 0.29) is 17.9 Å². The lowest BCUT2D eigenvalue weighted by molar-refractivity contribution is -0.384. The number of carbonyl (C=O) groups excluding carboxylic acids is 2. The van der Waals surface area contributed by atoms with Crippen LogP contribution in [0.4, 0.5) is 10.5 Å². The normalized spacial score (nSPS) is 20.4. The highest BCUT2D eigenvalue weighted by molar-refractivity contribution is 5.95. The third kappa shape index (κ3) is 4.54. The second-order valence-electron chi connectivity index (χ2n) is 6.76. The van der Waals surface area contributed by atoms with E-state index in [1.165, 1.54) is 23.1 Å². The summed E-state index contributed by atoms with van der Waals surface area (Å²) >= 11 is 0. The van der Waals surface area contributed by atoms with E-state index in [0.717, 1.165) is 0 Å². The Morgan fingerprint density at radius 1 is 1.38 bits per heavy atom. The number of rotatable bonds is 6. The molecule has 0 aromatic heterocycles. The third-order valence-corrected chi connectivity index (χ3v) is 4.96. The van der Waals surface area contributed by atoms with E-state index in [9.17, 15) is 19.7 Å². The molecule has 2 aliphatic rings.